The van der Waals surface area contributed by atoms with Crippen molar-refractivity contribution in [2.75, 3.05) is 0 Å². The summed E-state index contributed by atoms with van der Waals surface area (Å²) in [5.41, 5.74) is 3.08. The Kier molecular flexibility index (Phi) is 3.35. The highest BCUT2D eigenvalue weighted by Crippen LogP contribution is 2.30. The topological polar surface area (TPSA) is 55.1 Å². The molecule has 1 N–H and O–H groups in total. The van der Waals surface area contributed by atoms with Crippen LogP contribution >= 0.6 is 23.2 Å². The van der Waals surface area contributed by atoms with Crippen LogP contribution in [0, 0.1) is 6.92 Å². The number of aryl methyl sites for hydroxylation is 1. The first-order valence-electron chi connectivity index (χ1n) is 6.14. The van der Waals surface area contributed by atoms with Crippen LogP contribution in [0.1, 0.15) is 15.9 Å². The van der Waals surface area contributed by atoms with Crippen molar-refractivity contribution in [2.24, 2.45) is 0 Å². The summed E-state index contributed by atoms with van der Waals surface area (Å²) in [7, 11) is 0. The molecule has 0 unspecified atom stereocenters. The second-order valence-corrected chi connectivity index (χ2v) is 5.49. The van der Waals surface area contributed by atoms with Crippen LogP contribution in [0.25, 0.3) is 16.7 Å². The minimum atomic E-state index is -0.988. The number of halogens is 2. The molecule has 21 heavy (non-hydrogen) atoms. The van der Waals surface area contributed by atoms with Crippen molar-refractivity contribution in [3.05, 3.63) is 57.8 Å². The van der Waals surface area contributed by atoms with Crippen molar-refractivity contribution in [1.29, 1.82) is 0 Å². The van der Waals surface area contributed by atoms with Gasteiger partial charge in [0.25, 0.3) is 0 Å². The van der Waals surface area contributed by atoms with Gasteiger partial charge < -0.3 is 5.11 Å². The number of aromatic nitrogens is 2. The van der Waals surface area contributed by atoms with Gasteiger partial charge in [0.15, 0.2) is 0 Å². The molecule has 0 radical (unpaired) electrons. The summed E-state index contributed by atoms with van der Waals surface area (Å²) >= 11 is 12.4. The maximum atomic E-state index is 11.1. The van der Waals surface area contributed by atoms with Crippen LogP contribution in [-0.4, -0.2) is 20.6 Å². The third-order valence-electron chi connectivity index (χ3n) is 3.28. The van der Waals surface area contributed by atoms with Crippen LogP contribution in [-0.2, 0) is 0 Å². The lowest BCUT2D eigenvalue weighted by Crippen LogP contribution is -1.98. The number of nitrogens with zero attached hydrogens (tertiary/aromatic N) is 2. The molecule has 2 aromatic carbocycles. The zero-order chi connectivity index (χ0) is 15.1. The van der Waals surface area contributed by atoms with Gasteiger partial charge >= 0.3 is 5.97 Å². The minimum Gasteiger partial charge on any atom is -0.478 e. The second kappa shape index (κ2) is 5.06. The average Bonchev–Trinajstić information content (AvgIpc) is 2.85. The van der Waals surface area contributed by atoms with E-state index in [9.17, 15) is 4.79 Å². The third-order valence-corrected chi connectivity index (χ3v) is 3.99. The molecular formula is C15H10Cl2N2O2. The summed E-state index contributed by atoms with van der Waals surface area (Å²) in [5.74, 6) is -0.988. The molecule has 4 nitrogen and oxygen atoms in total. The van der Waals surface area contributed by atoms with Crippen LogP contribution < -0.4 is 0 Å². The van der Waals surface area contributed by atoms with Gasteiger partial charge in [-0.05, 0) is 42.8 Å². The maximum absolute atomic E-state index is 11.1. The van der Waals surface area contributed by atoms with Gasteiger partial charge in [-0.25, -0.2) is 9.78 Å². The van der Waals surface area contributed by atoms with Gasteiger partial charge in [-0.3, -0.25) is 4.57 Å². The fourth-order valence-corrected chi connectivity index (χ4v) is 2.62. The summed E-state index contributed by atoms with van der Waals surface area (Å²) in [5, 5.41) is 10.2. The fourth-order valence-electron chi connectivity index (χ4n) is 2.15. The van der Waals surface area contributed by atoms with Crippen LogP contribution in [0.5, 0.6) is 0 Å². The molecule has 0 amide bonds. The predicted octanol–water partition coefficient (Wildman–Crippen LogP) is 4.34. The monoisotopic (exact) mass is 320 g/mol. The molecule has 3 aromatic rings. The van der Waals surface area contributed by atoms with Gasteiger partial charge in [0.05, 0.1) is 27.3 Å². The summed E-state index contributed by atoms with van der Waals surface area (Å²) in [6.07, 6.45) is 1.60. The van der Waals surface area contributed by atoms with Gasteiger partial charge in [-0.15, -0.1) is 0 Å². The van der Waals surface area contributed by atoms with E-state index in [1.165, 1.54) is 6.07 Å². The van der Waals surface area contributed by atoms with E-state index in [0.717, 1.165) is 5.56 Å². The Morgan fingerprint density at radius 2 is 1.95 bits per heavy atom. The third kappa shape index (κ3) is 2.37. The second-order valence-electron chi connectivity index (χ2n) is 4.68. The molecule has 1 heterocycles. The molecule has 0 fully saturated rings. The van der Waals surface area contributed by atoms with Crippen molar-refractivity contribution in [3.63, 3.8) is 0 Å². The molecule has 3 rings (SSSR count). The van der Waals surface area contributed by atoms with Crippen LogP contribution in [0.2, 0.25) is 10.0 Å². The van der Waals surface area contributed by atoms with E-state index in [-0.39, 0.29) is 5.56 Å². The van der Waals surface area contributed by atoms with Gasteiger partial charge in [-0.2, -0.15) is 0 Å². The van der Waals surface area contributed by atoms with Crippen molar-refractivity contribution in [1.82, 2.24) is 9.55 Å². The quantitative estimate of drug-likeness (QED) is 0.764. The standard InChI is InChI=1S/C15H10Cl2N2O2/c1-8-4-11(17)13(6-10(8)16)19-7-18-12-3-2-9(15(20)21)5-14(12)19/h2-7H,1H3,(H,20,21). The molecule has 0 saturated heterocycles. The van der Waals surface area contributed by atoms with E-state index >= 15 is 0 Å². The Bertz CT molecular complexity index is 871. The molecule has 0 aliphatic heterocycles. The fraction of sp³-hybridized carbons (Fsp3) is 0.0667. The van der Waals surface area contributed by atoms with E-state index < -0.39 is 5.97 Å². The molecule has 0 aliphatic carbocycles. The molecule has 0 aliphatic rings. The lowest BCUT2D eigenvalue weighted by atomic mass is 10.2. The number of hydrogen-bond donors (Lipinski definition) is 1. The highest BCUT2D eigenvalue weighted by atomic mass is 35.5. The van der Waals surface area contributed by atoms with Crippen LogP contribution in [0.4, 0.5) is 0 Å². The number of aromatic carboxylic acids is 1. The summed E-state index contributed by atoms with van der Waals surface area (Å²) in [4.78, 5) is 15.4. The number of carboxylic acid groups (broad SMARTS) is 1. The van der Waals surface area contributed by atoms with E-state index in [2.05, 4.69) is 4.98 Å². The number of benzene rings is 2. The molecule has 106 valence electrons. The number of rotatable bonds is 2. The molecule has 1 aromatic heterocycles. The van der Waals surface area contributed by atoms with Gasteiger partial charge in [0.1, 0.15) is 6.33 Å². The Balaban J connectivity index is 2.27. The Morgan fingerprint density at radius 1 is 1.19 bits per heavy atom. The molecule has 0 bridgehead atoms. The SMILES string of the molecule is Cc1cc(Cl)c(-n2cnc3ccc(C(=O)O)cc32)cc1Cl. The normalized spacial score (nSPS) is 11.0. The first-order chi connectivity index (χ1) is 9.97. The Labute approximate surface area is 130 Å². The summed E-state index contributed by atoms with van der Waals surface area (Å²) < 4.78 is 1.73. The largest absolute Gasteiger partial charge is 0.478 e. The smallest absolute Gasteiger partial charge is 0.335 e. The number of hydrogen-bond acceptors (Lipinski definition) is 2. The first kappa shape index (κ1) is 13.9. The summed E-state index contributed by atoms with van der Waals surface area (Å²) in [6.45, 7) is 1.87. The minimum absolute atomic E-state index is 0.193. The van der Waals surface area contributed by atoms with Crippen LogP contribution in [0.3, 0.4) is 0 Å². The van der Waals surface area contributed by atoms with Gasteiger partial charge in [0.2, 0.25) is 0 Å². The average molecular weight is 321 g/mol. The van der Waals surface area contributed by atoms with E-state index in [1.807, 2.05) is 6.92 Å². The maximum Gasteiger partial charge on any atom is 0.335 e. The highest BCUT2D eigenvalue weighted by Gasteiger charge is 2.12. The van der Waals surface area contributed by atoms with Gasteiger partial charge in [-0.1, -0.05) is 23.2 Å². The predicted molar refractivity (Wildman–Crippen MR) is 82.8 cm³/mol. The summed E-state index contributed by atoms with van der Waals surface area (Å²) in [6, 6.07) is 8.26. The zero-order valence-electron chi connectivity index (χ0n) is 11.0. The molecule has 0 atom stereocenters. The lowest BCUT2D eigenvalue weighted by molar-refractivity contribution is 0.0697. The molecule has 0 spiro atoms. The number of carboxylic acids is 1. The van der Waals surface area contributed by atoms with Crippen molar-refractivity contribution in [2.45, 2.75) is 6.92 Å². The van der Waals surface area contributed by atoms with E-state index in [0.29, 0.717) is 26.8 Å². The van der Waals surface area contributed by atoms with Crippen molar-refractivity contribution < 1.29 is 9.90 Å². The zero-order valence-corrected chi connectivity index (χ0v) is 12.5. The highest BCUT2D eigenvalue weighted by molar-refractivity contribution is 6.35. The Hall–Kier alpha value is -2.04. The number of carbonyl (C=O) groups is 1. The van der Waals surface area contributed by atoms with E-state index in [4.69, 9.17) is 28.3 Å². The Morgan fingerprint density at radius 3 is 2.67 bits per heavy atom. The number of imidazole rings is 1. The van der Waals surface area contributed by atoms with Crippen molar-refractivity contribution >= 4 is 40.2 Å². The first-order valence-corrected chi connectivity index (χ1v) is 6.89. The molecule has 0 saturated carbocycles. The van der Waals surface area contributed by atoms with Crippen molar-refractivity contribution in [3.8, 4) is 5.69 Å². The lowest BCUT2D eigenvalue weighted by Gasteiger charge is -2.09. The van der Waals surface area contributed by atoms with E-state index in [1.54, 1.807) is 35.2 Å². The number of fused-ring (bicyclic) bond motifs is 1. The van der Waals surface area contributed by atoms with Gasteiger partial charge in [0, 0.05) is 5.02 Å². The molecule has 6 heteroatoms. The molecular weight excluding hydrogens is 311 g/mol. The van der Waals surface area contributed by atoms with Crippen LogP contribution in [0.15, 0.2) is 36.7 Å².